The van der Waals surface area contributed by atoms with E-state index in [9.17, 15) is 13.2 Å². The maximum absolute atomic E-state index is 11.9. The molecule has 1 saturated heterocycles. The second-order valence-electron chi connectivity index (χ2n) is 5.30. The molecule has 1 amide bonds. The van der Waals surface area contributed by atoms with Crippen molar-refractivity contribution in [2.75, 3.05) is 19.4 Å². The number of carbonyl (C=O) groups is 1. The lowest BCUT2D eigenvalue weighted by molar-refractivity contribution is -0.128. The van der Waals surface area contributed by atoms with Crippen LogP contribution < -0.4 is 0 Å². The van der Waals surface area contributed by atoms with Gasteiger partial charge in [0.2, 0.25) is 15.0 Å². The molecule has 21 heavy (non-hydrogen) atoms. The lowest BCUT2D eigenvalue weighted by Crippen LogP contribution is -2.25. The number of benzene rings is 1. The smallest absolute Gasteiger partial charge is 0.232 e. The molecule has 0 spiro atoms. The van der Waals surface area contributed by atoms with Crippen molar-refractivity contribution in [3.8, 4) is 0 Å². The Morgan fingerprint density at radius 3 is 2.48 bits per heavy atom. The molecule has 0 bridgehead atoms. The Bertz CT molecular complexity index is 600. The quantitative estimate of drug-likeness (QED) is 0.745. The van der Waals surface area contributed by atoms with Gasteiger partial charge in [0.1, 0.15) is 0 Å². The fourth-order valence-corrected chi connectivity index (χ4v) is 3.85. The summed E-state index contributed by atoms with van der Waals surface area (Å²) in [4.78, 5) is 13.6. The first-order valence-corrected chi connectivity index (χ1v) is 9.12. The van der Waals surface area contributed by atoms with Gasteiger partial charge in [-0.1, -0.05) is 24.3 Å². The van der Waals surface area contributed by atoms with Gasteiger partial charge >= 0.3 is 0 Å². The molecule has 2 rings (SSSR count). The molecule has 0 aromatic heterocycles. The van der Waals surface area contributed by atoms with Gasteiger partial charge in [0.05, 0.1) is 12.4 Å². The van der Waals surface area contributed by atoms with Crippen LogP contribution in [0.15, 0.2) is 24.3 Å². The fourth-order valence-electron chi connectivity index (χ4n) is 2.53. The average Bonchev–Trinajstić information content (AvgIpc) is 2.70. The standard InChI is InChI=1S/C14H18ClNO4S/c1-20-9-12-4-2-11(3-5-12)7-16-8-13(6-14(16)17)10-21(15,18)19/h2-5,13H,6-10H2,1H3. The van der Waals surface area contributed by atoms with Crippen molar-refractivity contribution in [3.05, 3.63) is 35.4 Å². The summed E-state index contributed by atoms with van der Waals surface area (Å²) >= 11 is 0. The number of methoxy groups -OCH3 is 1. The number of nitrogens with zero attached hydrogens (tertiary/aromatic N) is 1. The molecule has 1 aromatic carbocycles. The average molecular weight is 332 g/mol. The molecule has 1 unspecified atom stereocenters. The van der Waals surface area contributed by atoms with Crippen LogP contribution in [0, 0.1) is 5.92 Å². The van der Waals surface area contributed by atoms with Gasteiger partial charge < -0.3 is 9.64 Å². The molecule has 1 fully saturated rings. The maximum atomic E-state index is 11.9. The number of ether oxygens (including phenoxy) is 1. The van der Waals surface area contributed by atoms with Crippen molar-refractivity contribution < 1.29 is 17.9 Å². The van der Waals surface area contributed by atoms with Crippen LogP contribution in [0.5, 0.6) is 0 Å². The second kappa shape index (κ2) is 6.77. The van der Waals surface area contributed by atoms with Gasteiger partial charge in [-0.15, -0.1) is 0 Å². The first kappa shape index (κ1) is 16.3. The van der Waals surface area contributed by atoms with Crippen LogP contribution in [0.2, 0.25) is 0 Å². The second-order valence-corrected chi connectivity index (χ2v) is 8.12. The maximum Gasteiger partial charge on any atom is 0.232 e. The Morgan fingerprint density at radius 2 is 1.90 bits per heavy atom. The van der Waals surface area contributed by atoms with Crippen molar-refractivity contribution in [3.63, 3.8) is 0 Å². The molecule has 0 radical (unpaired) electrons. The highest BCUT2D eigenvalue weighted by Gasteiger charge is 2.32. The first-order chi connectivity index (χ1) is 9.87. The van der Waals surface area contributed by atoms with E-state index in [-0.39, 0.29) is 24.0 Å². The molecule has 0 N–H and O–H groups in total. The van der Waals surface area contributed by atoms with Gasteiger partial charge in [0.15, 0.2) is 0 Å². The molecule has 1 atom stereocenters. The van der Waals surface area contributed by atoms with Crippen molar-refractivity contribution in [1.82, 2.24) is 4.90 Å². The summed E-state index contributed by atoms with van der Waals surface area (Å²) in [6.45, 7) is 1.48. The van der Waals surface area contributed by atoms with Crippen LogP contribution in [0.4, 0.5) is 0 Å². The van der Waals surface area contributed by atoms with Crippen LogP contribution in [0.1, 0.15) is 17.5 Å². The van der Waals surface area contributed by atoms with E-state index >= 15 is 0 Å². The number of likely N-dealkylation sites (tertiary alicyclic amines) is 1. The third kappa shape index (κ3) is 4.98. The van der Waals surface area contributed by atoms with Gasteiger partial charge in [0, 0.05) is 43.2 Å². The van der Waals surface area contributed by atoms with Crippen LogP contribution >= 0.6 is 10.7 Å². The van der Waals surface area contributed by atoms with E-state index in [1.165, 1.54) is 0 Å². The van der Waals surface area contributed by atoms with Gasteiger partial charge in [0.25, 0.3) is 0 Å². The molecule has 1 aliphatic heterocycles. The lowest BCUT2D eigenvalue weighted by atomic mass is 10.1. The third-order valence-electron chi connectivity index (χ3n) is 3.44. The van der Waals surface area contributed by atoms with E-state index < -0.39 is 9.05 Å². The van der Waals surface area contributed by atoms with Gasteiger partial charge in [-0.3, -0.25) is 4.79 Å². The first-order valence-electron chi connectivity index (χ1n) is 6.64. The summed E-state index contributed by atoms with van der Waals surface area (Å²) < 4.78 is 27.2. The summed E-state index contributed by atoms with van der Waals surface area (Å²) in [7, 11) is 3.33. The van der Waals surface area contributed by atoms with E-state index in [0.29, 0.717) is 19.7 Å². The molecule has 7 heteroatoms. The highest BCUT2D eigenvalue weighted by molar-refractivity contribution is 8.13. The Kier molecular flexibility index (Phi) is 5.24. The largest absolute Gasteiger partial charge is 0.380 e. The van der Waals surface area contributed by atoms with Crippen molar-refractivity contribution in [2.45, 2.75) is 19.6 Å². The normalized spacial score (nSPS) is 19.2. The predicted octanol–water partition coefficient (Wildman–Crippen LogP) is 1.75. The number of carbonyl (C=O) groups excluding carboxylic acids is 1. The minimum atomic E-state index is -3.56. The van der Waals surface area contributed by atoms with Gasteiger partial charge in [-0.05, 0) is 11.1 Å². The van der Waals surface area contributed by atoms with Gasteiger partial charge in [-0.2, -0.15) is 0 Å². The number of amides is 1. The molecule has 116 valence electrons. The molecule has 1 heterocycles. The molecule has 1 aromatic rings. The molecule has 1 aliphatic rings. The highest BCUT2D eigenvalue weighted by Crippen LogP contribution is 2.22. The Hall–Kier alpha value is -1.11. The summed E-state index contributed by atoms with van der Waals surface area (Å²) in [5.41, 5.74) is 2.08. The zero-order valence-corrected chi connectivity index (χ0v) is 13.4. The number of halogens is 1. The fraction of sp³-hybridized carbons (Fsp3) is 0.500. The molecule has 0 aliphatic carbocycles. The van der Waals surface area contributed by atoms with E-state index in [0.717, 1.165) is 11.1 Å². The van der Waals surface area contributed by atoms with Crippen molar-refractivity contribution in [1.29, 1.82) is 0 Å². The van der Waals surface area contributed by atoms with Gasteiger partial charge in [-0.25, -0.2) is 8.42 Å². The van der Waals surface area contributed by atoms with E-state index in [2.05, 4.69) is 0 Å². The summed E-state index contributed by atoms with van der Waals surface area (Å²) in [5.74, 6) is -0.391. The SMILES string of the molecule is COCc1ccc(CN2CC(CS(=O)(=O)Cl)CC2=O)cc1. The summed E-state index contributed by atoms with van der Waals surface area (Å²) in [6.07, 6.45) is 0.244. The minimum absolute atomic E-state index is 0.0266. The molecular formula is C14H18ClNO4S. The summed E-state index contributed by atoms with van der Waals surface area (Å²) in [6, 6.07) is 7.82. The zero-order chi connectivity index (χ0) is 15.5. The van der Waals surface area contributed by atoms with E-state index in [4.69, 9.17) is 15.4 Å². The van der Waals surface area contributed by atoms with Crippen LogP contribution in [-0.2, 0) is 31.7 Å². The Balaban J connectivity index is 1.95. The number of hydrogen-bond donors (Lipinski definition) is 0. The Morgan fingerprint density at radius 1 is 1.29 bits per heavy atom. The Labute approximate surface area is 129 Å². The molecule has 0 saturated carbocycles. The minimum Gasteiger partial charge on any atom is -0.380 e. The van der Waals surface area contributed by atoms with E-state index in [1.54, 1.807) is 12.0 Å². The number of rotatable bonds is 6. The van der Waals surface area contributed by atoms with Crippen LogP contribution in [0.25, 0.3) is 0 Å². The van der Waals surface area contributed by atoms with E-state index in [1.807, 2.05) is 24.3 Å². The molecule has 5 nitrogen and oxygen atoms in total. The molecular weight excluding hydrogens is 314 g/mol. The highest BCUT2D eigenvalue weighted by atomic mass is 35.7. The zero-order valence-electron chi connectivity index (χ0n) is 11.8. The van der Waals surface area contributed by atoms with Crippen LogP contribution in [-0.4, -0.2) is 38.6 Å². The summed E-state index contributed by atoms with van der Waals surface area (Å²) in [5, 5.41) is 0. The lowest BCUT2D eigenvalue weighted by Gasteiger charge is -2.16. The number of hydrogen-bond acceptors (Lipinski definition) is 4. The van der Waals surface area contributed by atoms with Crippen molar-refractivity contribution >= 4 is 25.6 Å². The van der Waals surface area contributed by atoms with Crippen molar-refractivity contribution in [2.24, 2.45) is 5.92 Å². The monoisotopic (exact) mass is 331 g/mol. The topological polar surface area (TPSA) is 63.7 Å². The van der Waals surface area contributed by atoms with Crippen LogP contribution in [0.3, 0.4) is 0 Å². The third-order valence-corrected chi connectivity index (χ3v) is 4.68. The predicted molar refractivity (Wildman–Crippen MR) is 80.3 cm³/mol.